The van der Waals surface area contributed by atoms with Crippen LogP contribution in [0.3, 0.4) is 0 Å². The summed E-state index contributed by atoms with van der Waals surface area (Å²) < 4.78 is 61.3. The van der Waals surface area contributed by atoms with Gasteiger partial charge in [-0.3, -0.25) is 4.79 Å². The number of rotatable bonds is 5. The molecule has 0 fully saturated rings. The van der Waals surface area contributed by atoms with E-state index >= 15 is 0 Å². The van der Waals surface area contributed by atoms with Crippen molar-refractivity contribution in [1.29, 1.82) is 0 Å². The fourth-order valence-electron chi connectivity index (χ4n) is 2.03. The van der Waals surface area contributed by atoms with Gasteiger partial charge in [-0.15, -0.1) is 0 Å². The molecule has 0 bridgehead atoms. The van der Waals surface area contributed by atoms with E-state index in [0.717, 1.165) is 18.2 Å². The van der Waals surface area contributed by atoms with E-state index in [4.69, 9.17) is 21.1 Å². The van der Waals surface area contributed by atoms with E-state index in [0.29, 0.717) is 6.07 Å². The number of carbonyl (C=O) groups excluding carboxylic acids is 2. The summed E-state index contributed by atoms with van der Waals surface area (Å²) in [6.45, 7) is -0.781. The second-order valence-electron chi connectivity index (χ2n) is 5.17. The molecule has 0 heterocycles. The maximum absolute atomic E-state index is 13.5. The van der Waals surface area contributed by atoms with Gasteiger partial charge in [-0.25, -0.2) is 9.18 Å². The molecule has 5 nitrogen and oxygen atoms in total. The first-order chi connectivity index (χ1) is 12.6. The number of amides is 1. The Labute approximate surface area is 155 Å². The molecule has 1 N–H and O–H groups in total. The highest BCUT2D eigenvalue weighted by atomic mass is 35.5. The molecule has 0 radical (unpaired) electrons. The molecule has 2 aromatic rings. The quantitative estimate of drug-likeness (QED) is 0.595. The van der Waals surface area contributed by atoms with Crippen molar-refractivity contribution in [1.82, 2.24) is 0 Å². The molecular weight excluding hydrogens is 394 g/mol. The molecule has 0 spiro atoms. The van der Waals surface area contributed by atoms with Crippen LogP contribution in [-0.4, -0.2) is 25.6 Å². The van der Waals surface area contributed by atoms with Gasteiger partial charge in [0.15, 0.2) is 18.2 Å². The lowest BCUT2D eigenvalue weighted by Crippen LogP contribution is -2.21. The summed E-state index contributed by atoms with van der Waals surface area (Å²) in [5.41, 5.74) is -1.46. The van der Waals surface area contributed by atoms with Crippen LogP contribution in [0.5, 0.6) is 5.75 Å². The van der Waals surface area contributed by atoms with Crippen LogP contribution in [0.2, 0.25) is 5.02 Å². The Morgan fingerprint density at radius 3 is 2.44 bits per heavy atom. The molecule has 144 valence electrons. The number of halogens is 5. The molecule has 0 atom stereocenters. The minimum Gasteiger partial charge on any atom is -0.494 e. The lowest BCUT2D eigenvalue weighted by molar-refractivity contribution is -0.137. The lowest BCUT2D eigenvalue weighted by Gasteiger charge is -2.12. The number of methoxy groups -OCH3 is 1. The fourth-order valence-corrected chi connectivity index (χ4v) is 2.25. The Morgan fingerprint density at radius 1 is 1.15 bits per heavy atom. The number of carbonyl (C=O) groups is 2. The zero-order valence-corrected chi connectivity index (χ0v) is 14.4. The van der Waals surface area contributed by atoms with Crippen LogP contribution < -0.4 is 10.1 Å². The SMILES string of the molecule is COc1ccc(C(=O)OCC(=O)Nc2ccc(Cl)c(C(F)(F)F)c2)cc1F. The molecule has 10 heteroatoms. The Balaban J connectivity index is 1.98. The number of esters is 1. The highest BCUT2D eigenvalue weighted by Crippen LogP contribution is 2.36. The highest BCUT2D eigenvalue weighted by molar-refractivity contribution is 6.31. The Kier molecular flexibility index (Phi) is 6.27. The van der Waals surface area contributed by atoms with Crippen molar-refractivity contribution in [3.63, 3.8) is 0 Å². The molecule has 0 aliphatic rings. The molecule has 0 saturated carbocycles. The number of hydrogen-bond donors (Lipinski definition) is 1. The zero-order chi connectivity index (χ0) is 20.2. The summed E-state index contributed by atoms with van der Waals surface area (Å²) in [7, 11) is 1.25. The van der Waals surface area contributed by atoms with Crippen molar-refractivity contribution >= 4 is 29.2 Å². The van der Waals surface area contributed by atoms with Gasteiger partial charge in [-0.2, -0.15) is 13.2 Å². The fraction of sp³-hybridized carbons (Fsp3) is 0.176. The molecule has 0 aromatic heterocycles. The predicted molar refractivity (Wildman–Crippen MR) is 88.3 cm³/mol. The standard InChI is InChI=1S/C17H12ClF4NO4/c1-26-14-5-2-9(6-13(14)19)16(25)27-8-15(24)23-10-3-4-12(18)11(7-10)17(20,21)22/h2-7H,8H2,1H3,(H,23,24). The average molecular weight is 406 g/mol. The van der Waals surface area contributed by atoms with Crippen LogP contribution in [-0.2, 0) is 15.7 Å². The summed E-state index contributed by atoms with van der Waals surface area (Å²) in [6, 6.07) is 6.10. The van der Waals surface area contributed by atoms with Gasteiger partial charge in [0.2, 0.25) is 0 Å². The summed E-state index contributed by atoms with van der Waals surface area (Å²) in [5, 5.41) is 1.63. The second-order valence-corrected chi connectivity index (χ2v) is 5.57. The zero-order valence-electron chi connectivity index (χ0n) is 13.7. The van der Waals surface area contributed by atoms with Gasteiger partial charge in [0, 0.05) is 5.69 Å². The van der Waals surface area contributed by atoms with Crippen LogP contribution in [0.4, 0.5) is 23.2 Å². The van der Waals surface area contributed by atoms with E-state index in [1.807, 2.05) is 0 Å². The summed E-state index contributed by atoms with van der Waals surface area (Å²) in [4.78, 5) is 23.6. The third kappa shape index (κ3) is 5.33. The minimum atomic E-state index is -4.69. The lowest BCUT2D eigenvalue weighted by atomic mass is 10.2. The first-order valence-electron chi connectivity index (χ1n) is 7.29. The molecule has 1 amide bonds. The Bertz CT molecular complexity index is 870. The van der Waals surface area contributed by atoms with E-state index < -0.39 is 41.1 Å². The number of hydrogen-bond acceptors (Lipinski definition) is 4. The number of nitrogens with one attached hydrogen (secondary N) is 1. The van der Waals surface area contributed by atoms with Gasteiger partial charge in [-0.1, -0.05) is 11.6 Å². The maximum Gasteiger partial charge on any atom is 0.417 e. The number of anilines is 1. The van der Waals surface area contributed by atoms with Crippen molar-refractivity contribution in [2.45, 2.75) is 6.18 Å². The predicted octanol–water partition coefficient (Wildman–Crippen LogP) is 4.30. The highest BCUT2D eigenvalue weighted by Gasteiger charge is 2.33. The summed E-state index contributed by atoms with van der Waals surface area (Å²) >= 11 is 5.48. The summed E-state index contributed by atoms with van der Waals surface area (Å²) in [6.07, 6.45) is -4.69. The van der Waals surface area contributed by atoms with Gasteiger partial charge in [0.05, 0.1) is 23.3 Å². The van der Waals surface area contributed by atoms with Gasteiger partial charge in [0.1, 0.15) is 0 Å². The second kappa shape index (κ2) is 8.26. The largest absolute Gasteiger partial charge is 0.494 e. The molecule has 0 aliphatic heterocycles. The van der Waals surface area contributed by atoms with Crippen molar-refractivity contribution in [2.24, 2.45) is 0 Å². The van der Waals surface area contributed by atoms with E-state index in [2.05, 4.69) is 5.32 Å². The van der Waals surface area contributed by atoms with Crippen molar-refractivity contribution in [3.05, 3.63) is 58.4 Å². The van der Waals surface area contributed by atoms with Gasteiger partial charge >= 0.3 is 12.1 Å². The average Bonchev–Trinajstić information content (AvgIpc) is 2.60. The van der Waals surface area contributed by atoms with Crippen LogP contribution >= 0.6 is 11.6 Å². The smallest absolute Gasteiger partial charge is 0.417 e. The molecule has 2 rings (SSSR count). The minimum absolute atomic E-state index is 0.0764. The van der Waals surface area contributed by atoms with E-state index in [-0.39, 0.29) is 17.0 Å². The number of alkyl halides is 3. The van der Waals surface area contributed by atoms with E-state index in [9.17, 15) is 27.2 Å². The molecule has 0 unspecified atom stereocenters. The third-order valence-corrected chi connectivity index (χ3v) is 3.61. The first kappa shape index (κ1) is 20.5. The molecular formula is C17H12ClF4NO4. The molecule has 0 aliphatic carbocycles. The van der Waals surface area contributed by atoms with E-state index in [1.54, 1.807) is 0 Å². The van der Waals surface area contributed by atoms with E-state index in [1.165, 1.54) is 19.2 Å². The Hall–Kier alpha value is -2.81. The van der Waals surface area contributed by atoms with Crippen molar-refractivity contribution in [3.8, 4) is 5.75 Å². The Morgan fingerprint density at radius 2 is 1.85 bits per heavy atom. The monoisotopic (exact) mass is 405 g/mol. The summed E-state index contributed by atoms with van der Waals surface area (Å²) in [5.74, 6) is -2.74. The van der Waals surface area contributed by atoms with Crippen molar-refractivity contribution < 1.29 is 36.6 Å². The van der Waals surface area contributed by atoms with Crippen LogP contribution in [0.1, 0.15) is 15.9 Å². The van der Waals surface area contributed by atoms with Gasteiger partial charge in [0.25, 0.3) is 5.91 Å². The van der Waals surface area contributed by atoms with Crippen molar-refractivity contribution in [2.75, 3.05) is 19.0 Å². The number of ether oxygens (including phenoxy) is 2. The van der Waals surface area contributed by atoms with Gasteiger partial charge < -0.3 is 14.8 Å². The maximum atomic E-state index is 13.5. The van der Waals surface area contributed by atoms with Gasteiger partial charge in [-0.05, 0) is 36.4 Å². The van der Waals surface area contributed by atoms with Crippen LogP contribution in [0.15, 0.2) is 36.4 Å². The molecule has 0 saturated heterocycles. The molecule has 27 heavy (non-hydrogen) atoms. The topological polar surface area (TPSA) is 64.6 Å². The third-order valence-electron chi connectivity index (χ3n) is 3.28. The van der Waals surface area contributed by atoms with Crippen LogP contribution in [0.25, 0.3) is 0 Å². The van der Waals surface area contributed by atoms with Crippen LogP contribution in [0, 0.1) is 5.82 Å². The number of benzene rings is 2. The first-order valence-corrected chi connectivity index (χ1v) is 7.67. The molecule has 2 aromatic carbocycles. The normalized spacial score (nSPS) is 11.0.